The van der Waals surface area contributed by atoms with Crippen molar-refractivity contribution in [2.24, 2.45) is 0 Å². The van der Waals surface area contributed by atoms with Gasteiger partial charge < -0.3 is 4.42 Å². The molecule has 5 aromatic rings. The van der Waals surface area contributed by atoms with E-state index in [9.17, 15) is 0 Å². The Hall–Kier alpha value is -4.17. The molecule has 0 atom stereocenters. The van der Waals surface area contributed by atoms with Crippen molar-refractivity contribution in [3.05, 3.63) is 127 Å². The highest BCUT2D eigenvalue weighted by atomic mass is 16.3. The van der Waals surface area contributed by atoms with Crippen LogP contribution in [0.15, 0.2) is 120 Å². The van der Waals surface area contributed by atoms with Crippen molar-refractivity contribution in [3.63, 3.8) is 0 Å². The third-order valence-corrected chi connectivity index (χ3v) is 5.69. The van der Waals surface area contributed by atoms with Gasteiger partial charge in [0.25, 0.3) is 0 Å². The van der Waals surface area contributed by atoms with Crippen LogP contribution in [0.25, 0.3) is 44.2 Å². The predicted molar refractivity (Wildman–Crippen MR) is 135 cm³/mol. The SMILES string of the molecule is C=C(/C=C\C(=C/C)c1ccccn1)c1cccc2c1oc1c(-c3ccccc3)cccc12. The standard InChI is InChI=1S/C30H23NO/c1-3-22(28-17-7-8-20-31-28)19-18-21(2)24-13-9-15-26-27-16-10-14-25(30(27)32-29(24)26)23-11-5-4-6-12-23/h3-20H,2H2,1H3/b19-18-,22-3+. The van der Waals surface area contributed by atoms with Gasteiger partial charge in [-0.2, -0.15) is 0 Å². The molecular formula is C30H23NO. The lowest BCUT2D eigenvalue weighted by atomic mass is 10.00. The molecule has 0 amide bonds. The Labute approximate surface area is 187 Å². The Kier molecular flexibility index (Phi) is 5.27. The van der Waals surface area contributed by atoms with Gasteiger partial charge in [-0.25, -0.2) is 0 Å². The summed E-state index contributed by atoms with van der Waals surface area (Å²) in [6, 6.07) is 28.8. The van der Waals surface area contributed by atoms with Crippen LogP contribution in [0.2, 0.25) is 0 Å². The Morgan fingerprint density at radius 1 is 0.781 bits per heavy atom. The average Bonchev–Trinajstić information content (AvgIpc) is 3.24. The molecule has 5 rings (SSSR count). The number of furan rings is 1. The minimum absolute atomic E-state index is 0.861. The van der Waals surface area contributed by atoms with Crippen LogP contribution in [0, 0.1) is 0 Å². The van der Waals surface area contributed by atoms with Crippen LogP contribution >= 0.6 is 0 Å². The Balaban J connectivity index is 1.59. The molecule has 2 nitrogen and oxygen atoms in total. The van der Waals surface area contributed by atoms with Gasteiger partial charge in [0, 0.05) is 28.1 Å². The van der Waals surface area contributed by atoms with E-state index < -0.39 is 0 Å². The maximum Gasteiger partial charge on any atom is 0.143 e. The van der Waals surface area contributed by atoms with E-state index in [-0.39, 0.29) is 0 Å². The number of hydrogen-bond acceptors (Lipinski definition) is 2. The first-order valence-electron chi connectivity index (χ1n) is 10.7. The highest BCUT2D eigenvalue weighted by molar-refractivity contribution is 6.12. The van der Waals surface area contributed by atoms with Crippen LogP contribution in [0.3, 0.4) is 0 Å². The quantitative estimate of drug-likeness (QED) is 0.271. The highest BCUT2D eigenvalue weighted by Crippen LogP contribution is 2.38. The van der Waals surface area contributed by atoms with E-state index in [0.717, 1.165) is 55.5 Å². The molecule has 0 radical (unpaired) electrons. The number of para-hydroxylation sites is 2. The second-order valence-electron chi connectivity index (χ2n) is 7.65. The van der Waals surface area contributed by atoms with Crippen molar-refractivity contribution >= 4 is 33.1 Å². The smallest absolute Gasteiger partial charge is 0.143 e. The van der Waals surface area contributed by atoms with Gasteiger partial charge in [-0.15, -0.1) is 0 Å². The van der Waals surface area contributed by atoms with Crippen LogP contribution in [0.1, 0.15) is 18.2 Å². The first kappa shape index (κ1) is 19.8. The summed E-state index contributed by atoms with van der Waals surface area (Å²) < 4.78 is 6.49. The molecule has 2 heterocycles. The molecule has 0 N–H and O–H groups in total. The molecule has 0 saturated heterocycles. The van der Waals surface area contributed by atoms with E-state index in [1.165, 1.54) is 0 Å². The van der Waals surface area contributed by atoms with Gasteiger partial charge in [0.05, 0.1) is 5.69 Å². The van der Waals surface area contributed by atoms with E-state index in [0.29, 0.717) is 0 Å². The summed E-state index contributed by atoms with van der Waals surface area (Å²) in [5.74, 6) is 0. The van der Waals surface area contributed by atoms with E-state index in [1.807, 2.05) is 37.3 Å². The van der Waals surface area contributed by atoms with Gasteiger partial charge >= 0.3 is 0 Å². The molecule has 0 unspecified atom stereocenters. The van der Waals surface area contributed by atoms with Crippen molar-refractivity contribution in [2.45, 2.75) is 6.92 Å². The molecule has 0 aliphatic heterocycles. The van der Waals surface area contributed by atoms with Gasteiger partial charge in [-0.1, -0.05) is 97.6 Å². The third-order valence-electron chi connectivity index (χ3n) is 5.69. The number of aromatic nitrogens is 1. The average molecular weight is 414 g/mol. The summed E-state index contributed by atoms with van der Waals surface area (Å²) in [6.45, 7) is 6.35. The molecule has 0 aliphatic carbocycles. The lowest BCUT2D eigenvalue weighted by Gasteiger charge is -2.04. The number of pyridine rings is 1. The highest BCUT2D eigenvalue weighted by Gasteiger charge is 2.15. The van der Waals surface area contributed by atoms with Gasteiger partial charge in [0.15, 0.2) is 0 Å². The van der Waals surface area contributed by atoms with Crippen LogP contribution in [0.4, 0.5) is 0 Å². The predicted octanol–water partition coefficient (Wildman–Crippen LogP) is 8.32. The monoisotopic (exact) mass is 413 g/mol. The fourth-order valence-corrected chi connectivity index (χ4v) is 4.06. The summed E-state index contributed by atoms with van der Waals surface area (Å²) in [5.41, 5.74) is 7.88. The summed E-state index contributed by atoms with van der Waals surface area (Å²) in [4.78, 5) is 4.45. The largest absolute Gasteiger partial charge is 0.455 e. The third kappa shape index (κ3) is 3.57. The van der Waals surface area contributed by atoms with E-state index >= 15 is 0 Å². The minimum Gasteiger partial charge on any atom is -0.455 e. The zero-order chi connectivity index (χ0) is 21.9. The summed E-state index contributed by atoms with van der Waals surface area (Å²) in [7, 11) is 0. The van der Waals surface area contributed by atoms with Crippen molar-refractivity contribution < 1.29 is 4.42 Å². The molecule has 0 saturated carbocycles. The Morgan fingerprint density at radius 2 is 1.53 bits per heavy atom. The molecule has 32 heavy (non-hydrogen) atoms. The van der Waals surface area contributed by atoms with E-state index in [1.54, 1.807) is 6.20 Å². The van der Waals surface area contributed by atoms with E-state index in [4.69, 9.17) is 4.42 Å². The molecule has 0 aliphatic rings. The lowest BCUT2D eigenvalue weighted by Crippen LogP contribution is -1.85. The number of rotatable bonds is 5. The Morgan fingerprint density at radius 3 is 2.28 bits per heavy atom. The molecule has 2 aromatic heterocycles. The van der Waals surface area contributed by atoms with Crippen LogP contribution in [0.5, 0.6) is 0 Å². The normalized spacial score (nSPS) is 12.1. The van der Waals surface area contributed by atoms with Crippen molar-refractivity contribution in [3.8, 4) is 11.1 Å². The summed E-state index contributed by atoms with van der Waals surface area (Å²) in [6.07, 6.45) is 7.95. The lowest BCUT2D eigenvalue weighted by molar-refractivity contribution is 0.669. The second kappa shape index (κ2) is 8.52. The van der Waals surface area contributed by atoms with Crippen LogP contribution < -0.4 is 0 Å². The molecule has 2 heteroatoms. The molecule has 0 fully saturated rings. The van der Waals surface area contributed by atoms with Crippen LogP contribution in [-0.2, 0) is 0 Å². The Bertz CT molecular complexity index is 1470. The minimum atomic E-state index is 0.861. The van der Waals surface area contributed by atoms with Gasteiger partial charge in [0.1, 0.15) is 11.2 Å². The molecule has 3 aromatic carbocycles. The maximum atomic E-state index is 6.49. The number of allylic oxidation sites excluding steroid dienone is 5. The zero-order valence-electron chi connectivity index (χ0n) is 18.0. The summed E-state index contributed by atoms with van der Waals surface area (Å²) in [5, 5.41) is 2.21. The van der Waals surface area contributed by atoms with Gasteiger partial charge in [0.2, 0.25) is 0 Å². The molecule has 0 bridgehead atoms. The first-order valence-corrected chi connectivity index (χ1v) is 10.7. The fraction of sp³-hybridized carbons (Fsp3) is 0.0333. The van der Waals surface area contributed by atoms with Crippen LogP contribution in [-0.4, -0.2) is 4.98 Å². The zero-order valence-corrected chi connectivity index (χ0v) is 18.0. The van der Waals surface area contributed by atoms with Crippen molar-refractivity contribution in [2.75, 3.05) is 0 Å². The summed E-state index contributed by atoms with van der Waals surface area (Å²) >= 11 is 0. The van der Waals surface area contributed by atoms with E-state index in [2.05, 4.69) is 84.4 Å². The number of fused-ring (bicyclic) bond motifs is 3. The van der Waals surface area contributed by atoms with Crippen molar-refractivity contribution in [1.82, 2.24) is 4.98 Å². The number of benzene rings is 3. The molecule has 154 valence electrons. The molecular weight excluding hydrogens is 390 g/mol. The van der Waals surface area contributed by atoms with Crippen molar-refractivity contribution in [1.29, 1.82) is 0 Å². The topological polar surface area (TPSA) is 26.0 Å². The number of nitrogens with zero attached hydrogens (tertiary/aromatic N) is 1. The maximum absolute atomic E-state index is 6.49. The molecule has 0 spiro atoms. The first-order chi connectivity index (χ1) is 15.8. The van der Waals surface area contributed by atoms with Gasteiger partial charge in [-0.3, -0.25) is 4.98 Å². The second-order valence-corrected chi connectivity index (χ2v) is 7.65. The fourth-order valence-electron chi connectivity index (χ4n) is 4.06. The van der Waals surface area contributed by atoms with Gasteiger partial charge in [-0.05, 0) is 35.8 Å². The number of hydrogen-bond donors (Lipinski definition) is 0.